The molecule has 126 valence electrons. The molecule has 24 heavy (non-hydrogen) atoms. The van der Waals surface area contributed by atoms with Gasteiger partial charge in [-0.2, -0.15) is 0 Å². The van der Waals surface area contributed by atoms with Crippen molar-refractivity contribution in [2.75, 3.05) is 7.11 Å². The van der Waals surface area contributed by atoms with E-state index in [1.807, 2.05) is 12.3 Å². The van der Waals surface area contributed by atoms with E-state index in [0.29, 0.717) is 5.54 Å². The van der Waals surface area contributed by atoms with Crippen molar-refractivity contribution < 1.29 is 4.74 Å². The first-order valence-corrected chi connectivity index (χ1v) is 9.19. The van der Waals surface area contributed by atoms with Gasteiger partial charge in [-0.1, -0.05) is 0 Å². The summed E-state index contributed by atoms with van der Waals surface area (Å²) in [5, 5.41) is 3.80. The van der Waals surface area contributed by atoms with E-state index in [0.717, 1.165) is 40.6 Å². The first-order chi connectivity index (χ1) is 11.7. The minimum Gasteiger partial charge on any atom is -0.495 e. The monoisotopic (exact) mass is 323 g/mol. The van der Waals surface area contributed by atoms with Crippen LogP contribution >= 0.6 is 0 Å². The molecule has 0 spiro atoms. The second kappa shape index (κ2) is 5.27. The third-order valence-corrected chi connectivity index (χ3v) is 6.39. The number of ether oxygens (including phenoxy) is 1. The molecule has 6 rings (SSSR count). The lowest BCUT2D eigenvalue weighted by atomic mass is 9.53. The molecule has 2 heterocycles. The molecule has 4 nitrogen and oxygen atoms in total. The fraction of sp³-hybridized carbons (Fsp3) is 0.550. The summed E-state index contributed by atoms with van der Waals surface area (Å²) in [5.41, 5.74) is 3.34. The van der Waals surface area contributed by atoms with E-state index in [9.17, 15) is 0 Å². The Balaban J connectivity index is 1.32. The molecule has 1 aromatic rings. The van der Waals surface area contributed by atoms with Crippen molar-refractivity contribution in [1.29, 1.82) is 0 Å². The van der Waals surface area contributed by atoms with E-state index in [2.05, 4.69) is 28.7 Å². The van der Waals surface area contributed by atoms with Crippen LogP contribution in [0, 0.1) is 17.8 Å². The van der Waals surface area contributed by atoms with Gasteiger partial charge in [-0.25, -0.2) is 4.99 Å². The predicted molar refractivity (Wildman–Crippen MR) is 95.1 cm³/mol. The lowest BCUT2D eigenvalue weighted by molar-refractivity contribution is -0.0130. The Kier molecular flexibility index (Phi) is 3.15. The van der Waals surface area contributed by atoms with Crippen LogP contribution in [0.25, 0.3) is 0 Å². The molecular weight excluding hydrogens is 298 g/mol. The summed E-state index contributed by atoms with van der Waals surface area (Å²) in [7, 11) is 1.68. The van der Waals surface area contributed by atoms with Crippen molar-refractivity contribution in [3.63, 3.8) is 0 Å². The minimum absolute atomic E-state index is 0.351. The second-order valence-corrected chi connectivity index (χ2v) is 8.19. The lowest BCUT2D eigenvalue weighted by Gasteiger charge is -2.56. The third kappa shape index (κ3) is 2.40. The number of H-pyrrole nitrogens is 1. The first kappa shape index (κ1) is 14.4. The minimum atomic E-state index is 0.351. The van der Waals surface area contributed by atoms with Gasteiger partial charge >= 0.3 is 0 Å². The van der Waals surface area contributed by atoms with E-state index >= 15 is 0 Å². The van der Waals surface area contributed by atoms with E-state index in [-0.39, 0.29) is 0 Å². The molecular formula is C20H25N3O. The van der Waals surface area contributed by atoms with Crippen LogP contribution in [0.3, 0.4) is 0 Å². The zero-order chi connectivity index (χ0) is 16.1. The van der Waals surface area contributed by atoms with Gasteiger partial charge in [0.2, 0.25) is 0 Å². The van der Waals surface area contributed by atoms with Gasteiger partial charge in [0.05, 0.1) is 24.2 Å². The highest BCUT2D eigenvalue weighted by Gasteiger charge is 2.50. The molecule has 0 atom stereocenters. The molecule has 1 aliphatic heterocycles. The number of aromatic nitrogens is 1. The quantitative estimate of drug-likeness (QED) is 0.886. The summed E-state index contributed by atoms with van der Waals surface area (Å²) in [5.74, 6) is 3.73. The third-order valence-electron chi connectivity index (χ3n) is 6.39. The van der Waals surface area contributed by atoms with Crippen LogP contribution < -0.4 is 10.1 Å². The van der Waals surface area contributed by atoms with Gasteiger partial charge in [-0.05, 0) is 68.4 Å². The summed E-state index contributed by atoms with van der Waals surface area (Å²) in [6, 6.07) is 1.98. The Hall–Kier alpha value is -1.97. The van der Waals surface area contributed by atoms with Crippen LogP contribution in [-0.2, 0) is 0 Å². The molecule has 4 aliphatic carbocycles. The summed E-state index contributed by atoms with van der Waals surface area (Å²) in [4.78, 5) is 7.96. The number of hydrogen-bond donors (Lipinski definition) is 2. The Morgan fingerprint density at radius 3 is 2.50 bits per heavy atom. The maximum atomic E-state index is 5.23. The van der Waals surface area contributed by atoms with E-state index in [1.165, 1.54) is 38.5 Å². The topological polar surface area (TPSA) is 49.4 Å². The highest BCUT2D eigenvalue weighted by molar-refractivity contribution is 6.10. The van der Waals surface area contributed by atoms with Gasteiger partial charge in [-0.3, -0.25) is 0 Å². The fourth-order valence-corrected chi connectivity index (χ4v) is 5.76. The molecule has 1 aromatic heterocycles. The highest BCUT2D eigenvalue weighted by atomic mass is 16.5. The maximum absolute atomic E-state index is 5.23. The van der Waals surface area contributed by atoms with Gasteiger partial charge in [0.15, 0.2) is 0 Å². The Morgan fingerprint density at radius 1 is 1.17 bits per heavy atom. The first-order valence-electron chi connectivity index (χ1n) is 9.19. The van der Waals surface area contributed by atoms with Gasteiger partial charge in [0, 0.05) is 24.0 Å². The van der Waals surface area contributed by atoms with Crippen molar-refractivity contribution >= 4 is 5.71 Å². The number of aliphatic imine (C=N–C) groups is 1. The average Bonchev–Trinajstić information content (AvgIpc) is 3.21. The van der Waals surface area contributed by atoms with Crippen LogP contribution in [0.1, 0.15) is 44.2 Å². The predicted octanol–water partition coefficient (Wildman–Crippen LogP) is 3.78. The van der Waals surface area contributed by atoms with Crippen molar-refractivity contribution in [2.24, 2.45) is 22.7 Å². The molecule has 5 aliphatic rings. The Bertz CT molecular complexity index is 705. The molecule has 0 aromatic carbocycles. The van der Waals surface area contributed by atoms with Crippen LogP contribution in [0.4, 0.5) is 0 Å². The number of aromatic amines is 1. The Morgan fingerprint density at radius 2 is 1.88 bits per heavy atom. The van der Waals surface area contributed by atoms with E-state index in [1.54, 1.807) is 7.11 Å². The van der Waals surface area contributed by atoms with Crippen LogP contribution in [0.15, 0.2) is 41.3 Å². The molecule has 0 amide bonds. The number of nitrogens with one attached hydrogen (secondary N) is 2. The van der Waals surface area contributed by atoms with E-state index < -0.39 is 0 Å². The van der Waals surface area contributed by atoms with Crippen LogP contribution in [0.5, 0.6) is 5.75 Å². The summed E-state index contributed by atoms with van der Waals surface area (Å²) < 4.78 is 5.23. The van der Waals surface area contributed by atoms with Gasteiger partial charge in [-0.15, -0.1) is 0 Å². The molecule has 2 N–H and O–H groups in total. The number of hydrogen-bond acceptors (Lipinski definition) is 3. The lowest BCUT2D eigenvalue weighted by Crippen LogP contribution is -2.56. The summed E-state index contributed by atoms with van der Waals surface area (Å²) in [6.45, 7) is 0. The van der Waals surface area contributed by atoms with E-state index in [4.69, 9.17) is 9.73 Å². The highest BCUT2D eigenvalue weighted by Crippen LogP contribution is 2.55. The number of nitrogens with zero attached hydrogens (tertiary/aromatic N) is 1. The Labute approximate surface area is 143 Å². The zero-order valence-electron chi connectivity index (χ0n) is 14.2. The largest absolute Gasteiger partial charge is 0.495 e. The molecule has 0 radical (unpaired) electrons. The van der Waals surface area contributed by atoms with Gasteiger partial charge in [0.25, 0.3) is 0 Å². The molecule has 4 bridgehead atoms. The maximum Gasteiger partial charge on any atom is 0.136 e. The zero-order valence-corrected chi connectivity index (χ0v) is 14.2. The molecule has 4 saturated carbocycles. The molecule has 4 heteroatoms. The molecule has 0 saturated heterocycles. The number of methoxy groups -OCH3 is 1. The van der Waals surface area contributed by atoms with Crippen molar-refractivity contribution in [3.05, 3.63) is 42.0 Å². The smallest absolute Gasteiger partial charge is 0.136 e. The van der Waals surface area contributed by atoms with Crippen LogP contribution in [0.2, 0.25) is 0 Å². The standard InChI is InChI=1S/C20H25N3O/c1-24-17-7-19(21-12-17)18-3-2-16(23-18)11-22-20-8-13-4-14(9-20)6-15(5-13)10-20/h2-3,7,11-15,21-22H,4-6,8-10H2,1H3. The summed E-state index contributed by atoms with van der Waals surface area (Å²) >= 11 is 0. The van der Waals surface area contributed by atoms with Gasteiger partial charge in [0.1, 0.15) is 5.75 Å². The van der Waals surface area contributed by atoms with Crippen molar-refractivity contribution in [1.82, 2.24) is 10.3 Å². The second-order valence-electron chi connectivity index (χ2n) is 8.19. The van der Waals surface area contributed by atoms with Crippen molar-refractivity contribution in [2.45, 2.75) is 44.1 Å². The molecule has 0 unspecified atom stereocenters. The normalized spacial score (nSPS) is 38.0. The average molecular weight is 323 g/mol. The SMILES string of the molecule is COc1c[nH]c(C2=NC(=CNC34CC5CC(CC(C5)C3)C4)C=C2)c1. The fourth-order valence-electron chi connectivity index (χ4n) is 5.76. The van der Waals surface area contributed by atoms with Crippen molar-refractivity contribution in [3.8, 4) is 5.75 Å². The number of rotatable bonds is 4. The number of allylic oxidation sites excluding steroid dienone is 2. The molecule has 4 fully saturated rings. The summed E-state index contributed by atoms with van der Waals surface area (Å²) in [6.07, 6.45) is 16.7. The van der Waals surface area contributed by atoms with Crippen LogP contribution in [-0.4, -0.2) is 23.3 Å². The van der Waals surface area contributed by atoms with Gasteiger partial charge < -0.3 is 15.0 Å².